The zero-order valence-electron chi connectivity index (χ0n) is 35.0. The molecule has 6 aromatic carbocycles. The van der Waals surface area contributed by atoms with E-state index in [1.807, 2.05) is 103 Å². The van der Waals surface area contributed by atoms with Gasteiger partial charge in [0.25, 0.3) is 0 Å². The van der Waals surface area contributed by atoms with Crippen molar-refractivity contribution >= 4 is 17.4 Å². The van der Waals surface area contributed by atoms with E-state index in [9.17, 15) is 4.79 Å². The molecule has 1 saturated heterocycles. The summed E-state index contributed by atoms with van der Waals surface area (Å²) >= 11 is 7.13. The molecule has 0 amide bonds. The molecule has 0 bridgehead atoms. The zero-order valence-corrected chi connectivity index (χ0v) is 35.8. The summed E-state index contributed by atoms with van der Waals surface area (Å²) < 4.78 is 40.8. The Hall–Kier alpha value is -4.96. The van der Waals surface area contributed by atoms with Crippen molar-refractivity contribution in [2.24, 2.45) is 0 Å². The van der Waals surface area contributed by atoms with Gasteiger partial charge >= 0.3 is 0 Å². The number of ketones is 1. The predicted molar refractivity (Wildman–Crippen MR) is 239 cm³/mol. The third-order valence-corrected chi connectivity index (χ3v) is 11.2. The van der Waals surface area contributed by atoms with Gasteiger partial charge in [0.05, 0.1) is 39.6 Å². The number of halogens is 1. The van der Waals surface area contributed by atoms with Gasteiger partial charge < -0.3 is 28.4 Å². The molecule has 0 aliphatic carbocycles. The molecule has 8 heteroatoms. The van der Waals surface area contributed by atoms with Crippen LogP contribution in [0.15, 0.2) is 158 Å². The Morgan fingerprint density at radius 1 is 0.541 bits per heavy atom. The summed E-state index contributed by atoms with van der Waals surface area (Å²) in [4.78, 5) is 12.1. The van der Waals surface area contributed by atoms with E-state index in [4.69, 9.17) is 40.0 Å². The molecule has 5 atom stereocenters. The molecule has 0 N–H and O–H groups in total. The number of carbonyl (C=O) groups excluding carboxylic acids is 1. The molecule has 61 heavy (non-hydrogen) atoms. The molecule has 0 spiro atoms. The molecule has 0 unspecified atom stereocenters. The molecule has 0 saturated carbocycles. The van der Waals surface area contributed by atoms with Gasteiger partial charge in [0.1, 0.15) is 37.1 Å². The summed E-state index contributed by atoms with van der Waals surface area (Å²) in [7, 11) is 0. The highest BCUT2D eigenvalue weighted by atomic mass is 35.5. The first-order chi connectivity index (χ1) is 29.9. The maximum absolute atomic E-state index is 12.1. The maximum atomic E-state index is 12.1. The van der Waals surface area contributed by atoms with Gasteiger partial charge in [0.15, 0.2) is 5.78 Å². The third-order valence-electron chi connectivity index (χ3n) is 10.9. The number of rotatable bonds is 21. The fourth-order valence-electron chi connectivity index (χ4n) is 7.66. The van der Waals surface area contributed by atoms with E-state index in [1.54, 1.807) is 0 Å². The average Bonchev–Trinajstić information content (AvgIpc) is 3.29. The Morgan fingerprint density at radius 3 is 1.56 bits per heavy atom. The fourth-order valence-corrected chi connectivity index (χ4v) is 7.91. The van der Waals surface area contributed by atoms with Gasteiger partial charge in [-0.25, -0.2) is 0 Å². The van der Waals surface area contributed by atoms with Gasteiger partial charge in [-0.15, -0.1) is 0 Å². The second-order valence-corrected chi connectivity index (χ2v) is 16.0. The molecule has 1 heterocycles. The molecule has 316 valence electrons. The van der Waals surface area contributed by atoms with Crippen LogP contribution >= 0.6 is 11.6 Å². The molecular formula is C53H55ClO7. The smallest absolute Gasteiger partial charge is 0.155 e. The van der Waals surface area contributed by atoms with Crippen molar-refractivity contribution in [2.45, 2.75) is 90.2 Å². The Kier molecular flexibility index (Phi) is 16.5. The number of Topliss-reactive ketones (excluding diaryl/α,β-unsaturated/α-hetero) is 1. The van der Waals surface area contributed by atoms with Gasteiger partial charge in [-0.3, -0.25) is 4.79 Å². The van der Waals surface area contributed by atoms with Crippen molar-refractivity contribution in [3.05, 3.63) is 213 Å². The summed E-state index contributed by atoms with van der Waals surface area (Å²) in [5, 5.41) is 0.603. The van der Waals surface area contributed by atoms with E-state index in [1.165, 1.54) is 12.5 Å². The molecule has 7 rings (SSSR count). The predicted octanol–water partition coefficient (Wildman–Crippen LogP) is 11.0. The normalized spacial score (nSPS) is 18.8. The van der Waals surface area contributed by atoms with Gasteiger partial charge in [-0.05, 0) is 75.9 Å². The van der Waals surface area contributed by atoms with E-state index < -0.39 is 30.5 Å². The monoisotopic (exact) mass is 838 g/mol. The Balaban J connectivity index is 1.32. The van der Waals surface area contributed by atoms with E-state index in [0.717, 1.165) is 50.9 Å². The van der Waals surface area contributed by atoms with Crippen LogP contribution in [0.4, 0.5) is 0 Å². The van der Waals surface area contributed by atoms with Gasteiger partial charge in [0.2, 0.25) is 0 Å². The van der Waals surface area contributed by atoms with Crippen LogP contribution in [-0.4, -0.2) is 43.4 Å². The minimum atomic E-state index is -0.680. The lowest BCUT2D eigenvalue weighted by Crippen LogP contribution is -2.58. The summed E-state index contributed by atoms with van der Waals surface area (Å²) in [5.74, 6) is -0.0683. The van der Waals surface area contributed by atoms with Crippen molar-refractivity contribution in [3.63, 3.8) is 0 Å². The SMILES string of the molecule is CCc1ccc(Cc2cc([C@@H]3O[C@H](COCc4ccccc4)[C@@H](OCc4ccccc4)[C@H](OCc4ccccc4)[C@H]3OCc3ccccc3)c(COCC(C)=O)cc2Cl)cc1. The van der Waals surface area contributed by atoms with Crippen molar-refractivity contribution in [1.29, 1.82) is 0 Å². The molecule has 0 aromatic heterocycles. The quantitative estimate of drug-likeness (QED) is 0.0715. The van der Waals surface area contributed by atoms with Crippen molar-refractivity contribution in [1.82, 2.24) is 0 Å². The van der Waals surface area contributed by atoms with Crippen LogP contribution in [0, 0.1) is 0 Å². The highest BCUT2D eigenvalue weighted by molar-refractivity contribution is 6.31. The number of carbonyl (C=O) groups is 1. The van der Waals surface area contributed by atoms with E-state index in [0.29, 0.717) is 37.9 Å². The average molecular weight is 839 g/mol. The number of aryl methyl sites for hydroxylation is 1. The minimum Gasteiger partial charge on any atom is -0.374 e. The minimum absolute atomic E-state index is 0.0315. The number of benzene rings is 6. The fraction of sp³-hybridized carbons (Fsp3) is 0.302. The van der Waals surface area contributed by atoms with E-state index in [2.05, 4.69) is 61.5 Å². The first-order valence-electron chi connectivity index (χ1n) is 21.1. The highest BCUT2D eigenvalue weighted by Crippen LogP contribution is 2.41. The van der Waals surface area contributed by atoms with Crippen LogP contribution in [0.1, 0.15) is 70.0 Å². The second kappa shape index (κ2) is 22.8. The lowest BCUT2D eigenvalue weighted by atomic mass is 9.87. The number of hydrogen-bond acceptors (Lipinski definition) is 7. The van der Waals surface area contributed by atoms with Crippen molar-refractivity contribution in [3.8, 4) is 0 Å². The third kappa shape index (κ3) is 12.8. The molecule has 6 aromatic rings. The van der Waals surface area contributed by atoms with Crippen LogP contribution in [0.2, 0.25) is 5.02 Å². The van der Waals surface area contributed by atoms with Crippen LogP contribution in [0.3, 0.4) is 0 Å². The topological polar surface area (TPSA) is 72.5 Å². The summed E-state index contributed by atoms with van der Waals surface area (Å²) in [6, 6.07) is 53.2. The lowest BCUT2D eigenvalue weighted by Gasteiger charge is -2.47. The highest BCUT2D eigenvalue weighted by Gasteiger charge is 2.49. The van der Waals surface area contributed by atoms with Gasteiger partial charge in [-0.1, -0.05) is 170 Å². The van der Waals surface area contributed by atoms with Crippen molar-refractivity contribution < 1.29 is 33.2 Å². The molecule has 0 radical (unpaired) electrons. The molecular weight excluding hydrogens is 784 g/mol. The molecule has 7 nitrogen and oxygen atoms in total. The largest absolute Gasteiger partial charge is 0.374 e. The lowest BCUT2D eigenvalue weighted by molar-refractivity contribution is -0.275. The summed E-state index contributed by atoms with van der Waals surface area (Å²) in [6.07, 6.45) is -1.58. The Bertz CT molecular complexity index is 2220. The first-order valence-corrected chi connectivity index (χ1v) is 21.5. The zero-order chi connectivity index (χ0) is 42.2. The Morgan fingerprint density at radius 2 is 1.03 bits per heavy atom. The van der Waals surface area contributed by atoms with Crippen LogP contribution in [0.25, 0.3) is 0 Å². The molecule has 1 aliphatic rings. The molecule has 1 aliphatic heterocycles. The summed E-state index contributed by atoms with van der Waals surface area (Å²) in [6.45, 7) is 5.35. The van der Waals surface area contributed by atoms with Crippen LogP contribution in [-0.2, 0) is 79.1 Å². The van der Waals surface area contributed by atoms with E-state index >= 15 is 0 Å². The maximum Gasteiger partial charge on any atom is 0.155 e. The van der Waals surface area contributed by atoms with Crippen LogP contribution in [0.5, 0.6) is 0 Å². The number of ether oxygens (including phenoxy) is 6. The second-order valence-electron chi connectivity index (χ2n) is 15.6. The van der Waals surface area contributed by atoms with Gasteiger partial charge in [-0.2, -0.15) is 0 Å². The van der Waals surface area contributed by atoms with Crippen LogP contribution < -0.4 is 0 Å². The summed E-state index contributed by atoms with van der Waals surface area (Å²) in [5.41, 5.74) is 9.09. The number of hydrogen-bond donors (Lipinski definition) is 0. The first kappa shape index (κ1) is 44.1. The Labute approximate surface area is 365 Å². The van der Waals surface area contributed by atoms with Crippen molar-refractivity contribution in [2.75, 3.05) is 13.2 Å². The van der Waals surface area contributed by atoms with E-state index in [-0.39, 0.29) is 25.6 Å². The standard InChI is InChI=1S/C53H55ClO7/c1-3-39-24-26-40(27-25-39)28-45-29-47(46(30-48(45)54)36-56-31-38(2)55)50-52(59-34-43-20-12-6-13-21-43)53(60-35-44-22-14-7-15-23-44)51(58-33-42-18-10-5-11-19-42)49(61-50)37-57-32-41-16-8-4-9-17-41/h4-27,29-30,49-53H,3,28,31-37H2,1-2H3/t49-,50+,51-,52+,53+/m1/s1. The molecule has 1 fully saturated rings. The van der Waals surface area contributed by atoms with Gasteiger partial charge in [0, 0.05) is 5.02 Å².